The van der Waals surface area contributed by atoms with Crippen LogP contribution in [-0.2, 0) is 0 Å². The maximum atomic E-state index is 5.99. The van der Waals surface area contributed by atoms with Crippen molar-refractivity contribution in [1.82, 2.24) is 0 Å². The van der Waals surface area contributed by atoms with Gasteiger partial charge in [-0.25, -0.2) is 0 Å². The number of nitrogens with two attached hydrogens (primary N) is 1. The van der Waals surface area contributed by atoms with E-state index in [2.05, 4.69) is 27.7 Å². The SMILES string of the molecule is CC(C)CCCC(N)CSC(C)C. The Balaban J connectivity index is 3.25. The van der Waals surface area contributed by atoms with E-state index < -0.39 is 0 Å². The van der Waals surface area contributed by atoms with Crippen LogP contribution >= 0.6 is 11.8 Å². The Labute approximate surface area is 87.9 Å². The fourth-order valence-corrected chi connectivity index (χ4v) is 1.99. The second-order valence-electron chi connectivity index (χ2n) is 4.47. The van der Waals surface area contributed by atoms with Crippen LogP contribution in [0.5, 0.6) is 0 Å². The van der Waals surface area contributed by atoms with Gasteiger partial charge in [-0.15, -0.1) is 0 Å². The van der Waals surface area contributed by atoms with Gasteiger partial charge in [0, 0.05) is 11.8 Å². The summed E-state index contributed by atoms with van der Waals surface area (Å²) >= 11 is 1.97. The van der Waals surface area contributed by atoms with Crippen molar-refractivity contribution in [3.63, 3.8) is 0 Å². The average Bonchev–Trinajstić information content (AvgIpc) is 2.00. The summed E-state index contributed by atoms with van der Waals surface area (Å²) in [5.74, 6) is 1.94. The van der Waals surface area contributed by atoms with Gasteiger partial charge in [0.2, 0.25) is 0 Å². The van der Waals surface area contributed by atoms with E-state index >= 15 is 0 Å². The minimum absolute atomic E-state index is 0.408. The van der Waals surface area contributed by atoms with Crippen LogP contribution in [0.4, 0.5) is 0 Å². The quantitative estimate of drug-likeness (QED) is 0.687. The summed E-state index contributed by atoms with van der Waals surface area (Å²) in [4.78, 5) is 0. The molecule has 0 aliphatic heterocycles. The minimum atomic E-state index is 0.408. The van der Waals surface area contributed by atoms with E-state index in [1.54, 1.807) is 0 Å². The average molecular weight is 203 g/mol. The van der Waals surface area contributed by atoms with Gasteiger partial charge in [-0.2, -0.15) is 11.8 Å². The molecule has 0 fully saturated rings. The molecule has 0 aliphatic carbocycles. The highest BCUT2D eigenvalue weighted by Crippen LogP contribution is 2.14. The van der Waals surface area contributed by atoms with E-state index in [-0.39, 0.29) is 0 Å². The van der Waals surface area contributed by atoms with Gasteiger partial charge in [-0.3, -0.25) is 0 Å². The van der Waals surface area contributed by atoms with Crippen LogP contribution in [-0.4, -0.2) is 17.0 Å². The van der Waals surface area contributed by atoms with Crippen molar-refractivity contribution < 1.29 is 0 Å². The summed E-state index contributed by atoms with van der Waals surface area (Å²) < 4.78 is 0. The fraction of sp³-hybridized carbons (Fsp3) is 1.00. The normalized spacial score (nSPS) is 14.1. The van der Waals surface area contributed by atoms with E-state index in [9.17, 15) is 0 Å². The Hall–Kier alpha value is 0.310. The molecule has 0 saturated heterocycles. The highest BCUT2D eigenvalue weighted by Gasteiger charge is 2.04. The van der Waals surface area contributed by atoms with Gasteiger partial charge in [-0.05, 0) is 17.6 Å². The smallest absolute Gasteiger partial charge is 0.0130 e. The molecule has 1 nitrogen and oxygen atoms in total. The highest BCUT2D eigenvalue weighted by molar-refractivity contribution is 7.99. The zero-order valence-corrected chi connectivity index (χ0v) is 10.4. The molecule has 80 valence electrons. The first-order valence-electron chi connectivity index (χ1n) is 5.39. The molecule has 0 aliphatic rings. The lowest BCUT2D eigenvalue weighted by molar-refractivity contribution is 0.513. The molecule has 1 unspecified atom stereocenters. The maximum Gasteiger partial charge on any atom is 0.0130 e. The third kappa shape index (κ3) is 10.2. The Morgan fingerprint density at radius 1 is 1.08 bits per heavy atom. The lowest BCUT2D eigenvalue weighted by Gasteiger charge is -2.13. The lowest BCUT2D eigenvalue weighted by atomic mass is 10.0. The molecule has 0 saturated carbocycles. The van der Waals surface area contributed by atoms with Crippen LogP contribution in [0.2, 0.25) is 0 Å². The molecule has 0 amide bonds. The van der Waals surface area contributed by atoms with Crippen molar-refractivity contribution in [3.8, 4) is 0 Å². The molecule has 0 bridgehead atoms. The minimum Gasteiger partial charge on any atom is -0.327 e. The fourth-order valence-electron chi connectivity index (χ4n) is 1.19. The Morgan fingerprint density at radius 2 is 1.69 bits per heavy atom. The van der Waals surface area contributed by atoms with Crippen LogP contribution in [0.3, 0.4) is 0 Å². The number of thioether (sulfide) groups is 1. The molecule has 0 heterocycles. The van der Waals surface area contributed by atoms with Crippen LogP contribution in [0.25, 0.3) is 0 Å². The van der Waals surface area contributed by atoms with E-state index in [0.717, 1.165) is 16.9 Å². The Kier molecular flexibility index (Phi) is 7.87. The van der Waals surface area contributed by atoms with Gasteiger partial charge >= 0.3 is 0 Å². The molecule has 2 heteroatoms. The second-order valence-corrected chi connectivity index (χ2v) is 6.08. The van der Waals surface area contributed by atoms with Crippen LogP contribution in [0.1, 0.15) is 47.0 Å². The maximum absolute atomic E-state index is 5.99. The monoisotopic (exact) mass is 203 g/mol. The van der Waals surface area contributed by atoms with Crippen molar-refractivity contribution in [3.05, 3.63) is 0 Å². The van der Waals surface area contributed by atoms with Gasteiger partial charge in [-0.1, -0.05) is 40.5 Å². The van der Waals surface area contributed by atoms with Crippen molar-refractivity contribution >= 4 is 11.8 Å². The van der Waals surface area contributed by atoms with Gasteiger partial charge in [0.05, 0.1) is 0 Å². The standard InChI is InChI=1S/C11H25NS/c1-9(2)6-5-7-11(12)8-13-10(3)4/h9-11H,5-8,12H2,1-4H3. The topological polar surface area (TPSA) is 26.0 Å². The molecule has 0 aromatic rings. The van der Waals surface area contributed by atoms with E-state index in [1.165, 1.54) is 19.3 Å². The van der Waals surface area contributed by atoms with E-state index in [1.807, 2.05) is 11.8 Å². The van der Waals surface area contributed by atoms with Crippen molar-refractivity contribution in [2.75, 3.05) is 5.75 Å². The van der Waals surface area contributed by atoms with Gasteiger partial charge in [0.15, 0.2) is 0 Å². The first kappa shape index (κ1) is 13.3. The Bertz CT molecular complexity index is 113. The van der Waals surface area contributed by atoms with Crippen molar-refractivity contribution in [2.24, 2.45) is 11.7 Å². The molecular formula is C11H25NS. The predicted octanol–water partition coefficient (Wildman–Crippen LogP) is 3.28. The van der Waals surface area contributed by atoms with Crippen molar-refractivity contribution in [1.29, 1.82) is 0 Å². The molecule has 13 heavy (non-hydrogen) atoms. The van der Waals surface area contributed by atoms with E-state index in [0.29, 0.717) is 6.04 Å². The molecule has 0 spiro atoms. The molecule has 2 N–H and O–H groups in total. The summed E-state index contributed by atoms with van der Waals surface area (Å²) in [5.41, 5.74) is 5.99. The van der Waals surface area contributed by atoms with Gasteiger partial charge in [0.1, 0.15) is 0 Å². The molecule has 0 radical (unpaired) electrons. The highest BCUT2D eigenvalue weighted by atomic mass is 32.2. The van der Waals surface area contributed by atoms with Gasteiger partial charge < -0.3 is 5.73 Å². The van der Waals surface area contributed by atoms with Crippen LogP contribution in [0.15, 0.2) is 0 Å². The Morgan fingerprint density at radius 3 is 2.15 bits per heavy atom. The zero-order chi connectivity index (χ0) is 10.3. The predicted molar refractivity (Wildman–Crippen MR) is 64.3 cm³/mol. The van der Waals surface area contributed by atoms with Crippen molar-refractivity contribution in [2.45, 2.75) is 58.2 Å². The summed E-state index contributed by atoms with van der Waals surface area (Å²) in [7, 11) is 0. The number of hydrogen-bond donors (Lipinski definition) is 1. The third-order valence-electron chi connectivity index (χ3n) is 2.00. The number of rotatable bonds is 7. The number of hydrogen-bond acceptors (Lipinski definition) is 2. The molecule has 0 aromatic carbocycles. The summed E-state index contributed by atoms with van der Waals surface area (Å²) in [5, 5.41) is 0.719. The zero-order valence-electron chi connectivity index (χ0n) is 9.55. The van der Waals surface area contributed by atoms with E-state index in [4.69, 9.17) is 5.73 Å². The molecule has 0 aromatic heterocycles. The summed E-state index contributed by atoms with van der Waals surface area (Å²) in [6, 6.07) is 0.408. The first-order chi connectivity index (χ1) is 6.02. The summed E-state index contributed by atoms with van der Waals surface area (Å²) in [6.07, 6.45) is 3.80. The largest absolute Gasteiger partial charge is 0.327 e. The molecule has 1 atom stereocenters. The first-order valence-corrected chi connectivity index (χ1v) is 6.44. The van der Waals surface area contributed by atoms with Gasteiger partial charge in [0.25, 0.3) is 0 Å². The molecular weight excluding hydrogens is 178 g/mol. The van der Waals surface area contributed by atoms with Crippen LogP contribution < -0.4 is 5.73 Å². The second kappa shape index (κ2) is 7.69. The summed E-state index contributed by atoms with van der Waals surface area (Å²) in [6.45, 7) is 9.00. The third-order valence-corrected chi connectivity index (χ3v) is 3.29. The van der Waals surface area contributed by atoms with Crippen LogP contribution in [0, 0.1) is 5.92 Å². The molecule has 0 rings (SSSR count). The lowest BCUT2D eigenvalue weighted by Crippen LogP contribution is -2.23.